The third kappa shape index (κ3) is 2.57. The second kappa shape index (κ2) is 5.69. The summed E-state index contributed by atoms with van der Waals surface area (Å²) in [7, 11) is 0. The van der Waals surface area contributed by atoms with E-state index in [0.717, 1.165) is 30.3 Å². The van der Waals surface area contributed by atoms with Crippen molar-refractivity contribution in [3.05, 3.63) is 23.0 Å². The van der Waals surface area contributed by atoms with Crippen molar-refractivity contribution in [3.8, 4) is 10.8 Å². The Morgan fingerprint density at radius 3 is 2.96 bits per heavy atom. The van der Waals surface area contributed by atoms with Crippen LogP contribution in [0.4, 0.5) is 0 Å². The summed E-state index contributed by atoms with van der Waals surface area (Å²) in [5.41, 5.74) is 1.28. The predicted octanol–water partition coefficient (Wildman–Crippen LogP) is 2.90. The first kappa shape index (κ1) is 14.6. The molecule has 1 aliphatic heterocycles. The van der Waals surface area contributed by atoms with Gasteiger partial charge in [0, 0.05) is 48.7 Å². The topological polar surface area (TPSA) is 51.0 Å². The Morgan fingerprint density at radius 2 is 2.12 bits per heavy atom. The van der Waals surface area contributed by atoms with Gasteiger partial charge in [-0.25, -0.2) is 9.97 Å². The number of carbonyl (C=O) groups is 1. The van der Waals surface area contributed by atoms with Crippen molar-refractivity contribution in [2.75, 3.05) is 6.54 Å². The lowest BCUT2D eigenvalue weighted by molar-refractivity contribution is -0.128. The van der Waals surface area contributed by atoms with E-state index in [0.29, 0.717) is 24.3 Å². The highest BCUT2D eigenvalue weighted by Gasteiger charge is 2.39. The first-order valence-electron chi connectivity index (χ1n) is 9.07. The minimum atomic E-state index is 0.342. The van der Waals surface area contributed by atoms with Gasteiger partial charge in [-0.2, -0.15) is 0 Å². The van der Waals surface area contributed by atoms with E-state index in [1.807, 2.05) is 23.7 Å². The van der Waals surface area contributed by atoms with Crippen molar-refractivity contribution >= 4 is 17.2 Å². The monoisotopic (exact) mass is 342 g/mol. The molecule has 6 heteroatoms. The van der Waals surface area contributed by atoms with Gasteiger partial charge in [-0.1, -0.05) is 0 Å². The molecule has 2 aromatic heterocycles. The summed E-state index contributed by atoms with van der Waals surface area (Å²) in [6.45, 7) is 1.78. The molecule has 0 bridgehead atoms. The van der Waals surface area contributed by atoms with Gasteiger partial charge < -0.3 is 9.47 Å². The first-order chi connectivity index (χ1) is 11.8. The lowest BCUT2D eigenvalue weighted by atomic mass is 10.0. The average Bonchev–Trinajstić information content (AvgIpc) is 3.01. The van der Waals surface area contributed by atoms with Crippen molar-refractivity contribution in [1.82, 2.24) is 19.4 Å². The van der Waals surface area contributed by atoms with Gasteiger partial charge in [0.2, 0.25) is 5.91 Å². The average molecular weight is 342 g/mol. The van der Waals surface area contributed by atoms with E-state index in [1.165, 1.54) is 42.7 Å². The quantitative estimate of drug-likeness (QED) is 0.858. The summed E-state index contributed by atoms with van der Waals surface area (Å²) in [5, 5.41) is 1.05. The molecule has 0 spiro atoms. The summed E-state index contributed by atoms with van der Waals surface area (Å²) in [6.07, 6.45) is 11.8. The molecular weight excluding hydrogens is 320 g/mol. The Kier molecular flexibility index (Phi) is 3.47. The number of aromatic nitrogens is 3. The van der Waals surface area contributed by atoms with Crippen molar-refractivity contribution in [2.45, 2.75) is 57.5 Å². The van der Waals surface area contributed by atoms with Crippen molar-refractivity contribution in [2.24, 2.45) is 5.92 Å². The summed E-state index contributed by atoms with van der Waals surface area (Å²) in [4.78, 5) is 25.1. The summed E-state index contributed by atoms with van der Waals surface area (Å²) >= 11 is 1.81. The highest BCUT2D eigenvalue weighted by atomic mass is 32.1. The van der Waals surface area contributed by atoms with Gasteiger partial charge in [-0.05, 0) is 38.5 Å². The van der Waals surface area contributed by atoms with Gasteiger partial charge in [0.1, 0.15) is 0 Å². The Labute approximate surface area is 145 Å². The highest BCUT2D eigenvalue weighted by Crippen LogP contribution is 2.35. The smallest absolute Gasteiger partial charge is 0.223 e. The summed E-state index contributed by atoms with van der Waals surface area (Å²) in [6, 6.07) is 0.537. The molecule has 3 aliphatic rings. The number of aryl methyl sites for hydroxylation is 2. The van der Waals surface area contributed by atoms with E-state index in [1.54, 1.807) is 0 Å². The molecule has 5 rings (SSSR count). The van der Waals surface area contributed by atoms with Gasteiger partial charge in [0.05, 0.1) is 5.69 Å². The molecule has 3 heterocycles. The Balaban J connectivity index is 1.36. The Bertz CT molecular complexity index is 752. The van der Waals surface area contributed by atoms with Crippen molar-refractivity contribution < 1.29 is 4.79 Å². The fourth-order valence-electron chi connectivity index (χ4n) is 4.05. The molecule has 24 heavy (non-hydrogen) atoms. The molecule has 2 aliphatic carbocycles. The largest absolute Gasteiger partial charge is 0.339 e. The normalized spacial score (nSPS) is 23.8. The van der Waals surface area contributed by atoms with Crippen LogP contribution in [0.2, 0.25) is 0 Å². The van der Waals surface area contributed by atoms with Crippen LogP contribution in [0.1, 0.15) is 42.7 Å². The van der Waals surface area contributed by atoms with E-state index >= 15 is 0 Å². The van der Waals surface area contributed by atoms with E-state index in [2.05, 4.69) is 14.5 Å². The molecule has 1 saturated heterocycles. The number of hydrogen-bond acceptors (Lipinski definition) is 4. The molecular formula is C18H22N4OS. The van der Waals surface area contributed by atoms with Crippen LogP contribution in [0.15, 0.2) is 12.4 Å². The molecule has 0 aromatic carbocycles. The fraction of sp³-hybridized carbons (Fsp3) is 0.611. The van der Waals surface area contributed by atoms with E-state index in [9.17, 15) is 4.79 Å². The SMILES string of the molecule is O=C1C[C@@H](Cn2ccnc2-c2nc3c(s2)CCCC3)CN1C1CC1. The number of nitrogens with zero attached hydrogens (tertiary/aromatic N) is 4. The van der Waals surface area contributed by atoms with E-state index < -0.39 is 0 Å². The van der Waals surface area contributed by atoms with Crippen LogP contribution in [-0.2, 0) is 24.2 Å². The number of thiazole rings is 1. The van der Waals surface area contributed by atoms with Crippen LogP contribution >= 0.6 is 11.3 Å². The van der Waals surface area contributed by atoms with Crippen LogP contribution in [-0.4, -0.2) is 37.9 Å². The lowest BCUT2D eigenvalue weighted by Gasteiger charge is -2.16. The Morgan fingerprint density at radius 1 is 1.25 bits per heavy atom. The Hall–Kier alpha value is -1.69. The number of amides is 1. The second-order valence-corrected chi connectivity index (χ2v) is 8.43. The van der Waals surface area contributed by atoms with Gasteiger partial charge in [0.15, 0.2) is 10.8 Å². The minimum Gasteiger partial charge on any atom is -0.339 e. The second-order valence-electron chi connectivity index (χ2n) is 7.35. The zero-order chi connectivity index (χ0) is 16.1. The maximum absolute atomic E-state index is 12.2. The number of carbonyl (C=O) groups excluding carboxylic acids is 1. The van der Waals surface area contributed by atoms with Gasteiger partial charge in [0.25, 0.3) is 0 Å². The molecule has 1 atom stereocenters. The van der Waals surface area contributed by atoms with E-state index in [4.69, 9.17) is 4.98 Å². The van der Waals surface area contributed by atoms with Crippen LogP contribution in [0.5, 0.6) is 0 Å². The summed E-state index contributed by atoms with van der Waals surface area (Å²) in [5.74, 6) is 1.72. The van der Waals surface area contributed by atoms with Crippen LogP contribution < -0.4 is 0 Å². The van der Waals surface area contributed by atoms with Crippen molar-refractivity contribution in [3.63, 3.8) is 0 Å². The maximum atomic E-state index is 12.2. The standard InChI is InChI=1S/C18H22N4OS/c23-16-9-12(11-22(16)13-5-6-13)10-21-8-7-19-17(21)18-20-14-3-1-2-4-15(14)24-18/h7-8,12-13H,1-6,9-11H2/t12-/m0/s1. The predicted molar refractivity (Wildman–Crippen MR) is 92.8 cm³/mol. The lowest BCUT2D eigenvalue weighted by Crippen LogP contribution is -2.27. The maximum Gasteiger partial charge on any atom is 0.223 e. The number of hydrogen-bond donors (Lipinski definition) is 0. The molecule has 1 amide bonds. The number of likely N-dealkylation sites (tertiary alicyclic amines) is 1. The van der Waals surface area contributed by atoms with Crippen LogP contribution in [0, 0.1) is 5.92 Å². The third-order valence-electron chi connectivity index (χ3n) is 5.43. The molecule has 2 aromatic rings. The zero-order valence-electron chi connectivity index (χ0n) is 13.8. The van der Waals surface area contributed by atoms with Crippen LogP contribution in [0.3, 0.4) is 0 Å². The van der Waals surface area contributed by atoms with Gasteiger partial charge in [-0.15, -0.1) is 11.3 Å². The molecule has 1 saturated carbocycles. The number of imidazole rings is 1. The van der Waals surface area contributed by atoms with Crippen LogP contribution in [0.25, 0.3) is 10.8 Å². The molecule has 0 N–H and O–H groups in total. The van der Waals surface area contributed by atoms with E-state index in [-0.39, 0.29) is 0 Å². The number of rotatable bonds is 4. The fourth-order valence-corrected chi connectivity index (χ4v) is 5.21. The van der Waals surface area contributed by atoms with Crippen molar-refractivity contribution in [1.29, 1.82) is 0 Å². The molecule has 0 radical (unpaired) electrons. The molecule has 2 fully saturated rings. The first-order valence-corrected chi connectivity index (χ1v) is 9.89. The molecule has 0 unspecified atom stereocenters. The third-order valence-corrected chi connectivity index (χ3v) is 6.59. The number of fused-ring (bicyclic) bond motifs is 1. The van der Waals surface area contributed by atoms with Gasteiger partial charge in [-0.3, -0.25) is 4.79 Å². The molecule has 5 nitrogen and oxygen atoms in total. The highest BCUT2D eigenvalue weighted by molar-refractivity contribution is 7.15. The minimum absolute atomic E-state index is 0.342. The molecule has 126 valence electrons. The summed E-state index contributed by atoms with van der Waals surface area (Å²) < 4.78 is 2.21. The van der Waals surface area contributed by atoms with Gasteiger partial charge >= 0.3 is 0 Å². The zero-order valence-corrected chi connectivity index (χ0v) is 14.6.